The molecule has 0 bridgehead atoms. The second kappa shape index (κ2) is 10.2. The van der Waals surface area contributed by atoms with Crippen molar-refractivity contribution >= 4 is 28.4 Å². The number of rotatable bonds is 7. The predicted octanol–water partition coefficient (Wildman–Crippen LogP) is 4.06. The first-order valence-corrected chi connectivity index (χ1v) is 11.3. The number of ether oxygens (including phenoxy) is 3. The van der Waals surface area contributed by atoms with Gasteiger partial charge in [-0.15, -0.1) is 0 Å². The Kier molecular flexibility index (Phi) is 6.55. The Morgan fingerprint density at radius 2 is 1.89 bits per heavy atom. The molecule has 0 amide bonds. The van der Waals surface area contributed by atoms with Crippen molar-refractivity contribution in [1.29, 1.82) is 5.26 Å². The van der Waals surface area contributed by atoms with Crippen molar-refractivity contribution in [2.45, 2.75) is 6.61 Å². The van der Waals surface area contributed by atoms with E-state index in [0.29, 0.717) is 67.0 Å². The summed E-state index contributed by atoms with van der Waals surface area (Å²) in [5, 5.41) is 12.9. The molecule has 3 heterocycles. The van der Waals surface area contributed by atoms with Gasteiger partial charge in [0.2, 0.25) is 5.88 Å². The van der Waals surface area contributed by atoms with E-state index in [2.05, 4.69) is 21.3 Å². The lowest BCUT2D eigenvalue weighted by atomic mass is 10.2. The van der Waals surface area contributed by atoms with Crippen molar-refractivity contribution in [2.24, 2.45) is 0 Å². The number of nitrogens with zero attached hydrogens (tertiary/aromatic N) is 5. The quantitative estimate of drug-likeness (QED) is 0.430. The number of methoxy groups -OCH3 is 1. The van der Waals surface area contributed by atoms with Gasteiger partial charge in [0.15, 0.2) is 11.6 Å². The van der Waals surface area contributed by atoms with Crippen LogP contribution in [0.2, 0.25) is 0 Å². The van der Waals surface area contributed by atoms with Crippen molar-refractivity contribution in [1.82, 2.24) is 15.0 Å². The van der Waals surface area contributed by atoms with Gasteiger partial charge in [0.05, 0.1) is 43.3 Å². The standard InChI is InChI=1S/C26H24N6O3/c1-33-21-8-5-18(6-9-21)17-35-23-10-7-20(16-28-23)29-25-26(32-11-13-34-14-12-32)31-24-19(15-27)3-2-4-22(24)30-25/h2-10,16H,11-14,17H2,1H3,(H,29,30). The number of para-hydroxylation sites is 1. The van der Waals surface area contributed by atoms with Gasteiger partial charge in [-0.05, 0) is 35.9 Å². The lowest BCUT2D eigenvalue weighted by Gasteiger charge is -2.29. The van der Waals surface area contributed by atoms with Gasteiger partial charge in [0.1, 0.15) is 23.9 Å². The van der Waals surface area contributed by atoms with E-state index in [1.165, 1.54) is 0 Å². The molecule has 0 aliphatic carbocycles. The molecule has 1 saturated heterocycles. The zero-order valence-corrected chi connectivity index (χ0v) is 19.3. The summed E-state index contributed by atoms with van der Waals surface area (Å²) in [7, 11) is 1.64. The molecule has 176 valence electrons. The van der Waals surface area contributed by atoms with E-state index in [1.54, 1.807) is 19.4 Å². The molecule has 1 aliphatic heterocycles. The third kappa shape index (κ3) is 5.08. The largest absolute Gasteiger partial charge is 0.497 e. The zero-order chi connectivity index (χ0) is 24.0. The van der Waals surface area contributed by atoms with Gasteiger partial charge in [-0.1, -0.05) is 18.2 Å². The van der Waals surface area contributed by atoms with E-state index < -0.39 is 0 Å². The molecule has 0 spiro atoms. The molecule has 1 N–H and O–H groups in total. The summed E-state index contributed by atoms with van der Waals surface area (Å²) in [5.41, 5.74) is 3.50. The maximum absolute atomic E-state index is 9.51. The van der Waals surface area contributed by atoms with E-state index in [1.807, 2.05) is 48.5 Å². The molecule has 4 aromatic rings. The number of morpholine rings is 1. The number of benzene rings is 2. The number of anilines is 3. The van der Waals surface area contributed by atoms with Crippen LogP contribution in [0.5, 0.6) is 11.6 Å². The zero-order valence-electron chi connectivity index (χ0n) is 19.3. The Bertz CT molecular complexity index is 1350. The number of pyridine rings is 1. The van der Waals surface area contributed by atoms with Gasteiger partial charge in [-0.2, -0.15) is 5.26 Å². The number of aromatic nitrogens is 3. The van der Waals surface area contributed by atoms with E-state index >= 15 is 0 Å². The minimum absolute atomic E-state index is 0.405. The highest BCUT2D eigenvalue weighted by Crippen LogP contribution is 2.30. The maximum Gasteiger partial charge on any atom is 0.213 e. The van der Waals surface area contributed by atoms with Crippen LogP contribution in [-0.4, -0.2) is 48.4 Å². The molecule has 2 aromatic carbocycles. The lowest BCUT2D eigenvalue weighted by Crippen LogP contribution is -2.37. The Hall–Kier alpha value is -4.42. The Balaban J connectivity index is 1.36. The van der Waals surface area contributed by atoms with Gasteiger partial charge >= 0.3 is 0 Å². The van der Waals surface area contributed by atoms with Crippen LogP contribution in [0.3, 0.4) is 0 Å². The predicted molar refractivity (Wildman–Crippen MR) is 132 cm³/mol. The van der Waals surface area contributed by atoms with Gasteiger partial charge in [0.25, 0.3) is 0 Å². The molecule has 9 heteroatoms. The fourth-order valence-corrected chi connectivity index (χ4v) is 3.79. The van der Waals surface area contributed by atoms with Crippen LogP contribution in [0.15, 0.2) is 60.8 Å². The van der Waals surface area contributed by atoms with Crippen LogP contribution in [0.4, 0.5) is 17.3 Å². The number of nitriles is 1. The SMILES string of the molecule is COc1ccc(COc2ccc(Nc3nc4cccc(C#N)c4nc3N3CCOCC3)cn2)cc1. The van der Waals surface area contributed by atoms with E-state index in [-0.39, 0.29) is 0 Å². The molecule has 1 fully saturated rings. The highest BCUT2D eigenvalue weighted by molar-refractivity contribution is 5.86. The first-order valence-electron chi connectivity index (χ1n) is 11.3. The highest BCUT2D eigenvalue weighted by Gasteiger charge is 2.20. The first-order chi connectivity index (χ1) is 17.2. The Morgan fingerprint density at radius 3 is 2.60 bits per heavy atom. The normalized spacial score (nSPS) is 13.3. The smallest absolute Gasteiger partial charge is 0.213 e. The fraction of sp³-hybridized carbons (Fsp3) is 0.231. The highest BCUT2D eigenvalue weighted by atomic mass is 16.5. The molecule has 0 unspecified atom stereocenters. The molecular formula is C26H24N6O3. The minimum atomic E-state index is 0.405. The van der Waals surface area contributed by atoms with Crippen molar-refractivity contribution in [2.75, 3.05) is 43.6 Å². The summed E-state index contributed by atoms with van der Waals surface area (Å²) < 4.78 is 16.5. The van der Waals surface area contributed by atoms with Crippen molar-refractivity contribution in [3.05, 3.63) is 71.9 Å². The summed E-state index contributed by atoms with van der Waals surface area (Å²) in [4.78, 5) is 16.2. The molecule has 0 radical (unpaired) electrons. The van der Waals surface area contributed by atoms with Gasteiger partial charge < -0.3 is 24.4 Å². The Morgan fingerprint density at radius 1 is 1.06 bits per heavy atom. The van der Waals surface area contributed by atoms with Crippen molar-refractivity contribution in [3.63, 3.8) is 0 Å². The van der Waals surface area contributed by atoms with Gasteiger partial charge in [-0.25, -0.2) is 15.0 Å². The summed E-state index contributed by atoms with van der Waals surface area (Å²) >= 11 is 0. The summed E-state index contributed by atoms with van der Waals surface area (Å²) in [6.07, 6.45) is 1.70. The fourth-order valence-electron chi connectivity index (χ4n) is 3.79. The molecule has 1 aliphatic rings. The summed E-state index contributed by atoms with van der Waals surface area (Å²) in [6, 6.07) is 19.0. The van der Waals surface area contributed by atoms with Crippen LogP contribution in [0.1, 0.15) is 11.1 Å². The monoisotopic (exact) mass is 468 g/mol. The van der Waals surface area contributed by atoms with E-state index in [4.69, 9.17) is 24.2 Å². The van der Waals surface area contributed by atoms with E-state index in [9.17, 15) is 5.26 Å². The topological polar surface area (TPSA) is 105 Å². The second-order valence-electron chi connectivity index (χ2n) is 7.93. The number of nitrogens with one attached hydrogen (secondary N) is 1. The molecule has 9 nitrogen and oxygen atoms in total. The van der Waals surface area contributed by atoms with Crippen LogP contribution in [0, 0.1) is 11.3 Å². The second-order valence-corrected chi connectivity index (χ2v) is 7.93. The average molecular weight is 469 g/mol. The van der Waals surface area contributed by atoms with Crippen LogP contribution >= 0.6 is 0 Å². The third-order valence-corrected chi connectivity index (χ3v) is 5.65. The van der Waals surface area contributed by atoms with Gasteiger partial charge in [0, 0.05) is 19.2 Å². The molecule has 2 aromatic heterocycles. The van der Waals surface area contributed by atoms with Crippen LogP contribution in [0.25, 0.3) is 11.0 Å². The third-order valence-electron chi connectivity index (χ3n) is 5.65. The average Bonchev–Trinajstić information content (AvgIpc) is 2.92. The maximum atomic E-state index is 9.51. The molecule has 0 atom stereocenters. The van der Waals surface area contributed by atoms with E-state index in [0.717, 1.165) is 17.0 Å². The van der Waals surface area contributed by atoms with Crippen molar-refractivity contribution < 1.29 is 14.2 Å². The molecular weight excluding hydrogens is 444 g/mol. The number of fused-ring (bicyclic) bond motifs is 1. The minimum Gasteiger partial charge on any atom is -0.497 e. The number of hydrogen-bond acceptors (Lipinski definition) is 9. The molecule has 35 heavy (non-hydrogen) atoms. The lowest BCUT2D eigenvalue weighted by molar-refractivity contribution is 0.122. The van der Waals surface area contributed by atoms with Crippen molar-refractivity contribution in [3.8, 4) is 17.7 Å². The van der Waals surface area contributed by atoms with Crippen LogP contribution in [-0.2, 0) is 11.3 Å². The Labute approximate surface area is 202 Å². The number of hydrogen-bond donors (Lipinski definition) is 1. The summed E-state index contributed by atoms with van der Waals surface area (Å²) in [6.45, 7) is 3.02. The molecule has 0 saturated carbocycles. The van der Waals surface area contributed by atoms with Crippen LogP contribution < -0.4 is 19.7 Å². The molecule has 5 rings (SSSR count). The van der Waals surface area contributed by atoms with Gasteiger partial charge in [-0.3, -0.25) is 0 Å². The summed E-state index contributed by atoms with van der Waals surface area (Å²) in [5.74, 6) is 2.61. The first kappa shape index (κ1) is 22.4.